The number of hydrogen-bond acceptors (Lipinski definition) is 2. The molecule has 3 fully saturated rings. The van der Waals surface area contributed by atoms with Crippen LogP contribution in [0.5, 0.6) is 0 Å². The van der Waals surface area contributed by atoms with E-state index in [4.69, 9.17) is 0 Å². The molecule has 106 valence electrons. The Morgan fingerprint density at radius 2 is 1.57 bits per heavy atom. The first-order valence-electron chi connectivity index (χ1n) is 7.46. The van der Waals surface area contributed by atoms with Crippen LogP contribution < -0.4 is 4.90 Å². The molecule has 2 bridgehead atoms. The molecule has 4 heteroatoms. The minimum Gasteiger partial charge on any atom is -0.274 e. The minimum atomic E-state index is -0.106. The molecule has 4 atom stereocenters. The van der Waals surface area contributed by atoms with Crippen LogP contribution in [0.25, 0.3) is 0 Å². The van der Waals surface area contributed by atoms with E-state index in [2.05, 4.69) is 34.7 Å². The summed E-state index contributed by atoms with van der Waals surface area (Å²) in [5.74, 6) is 0.442. The number of para-hydroxylation sites is 1. The Hall–Kier alpha value is -1.17. The minimum absolute atomic E-state index is 0.0252. The van der Waals surface area contributed by atoms with Gasteiger partial charge < -0.3 is 0 Å². The van der Waals surface area contributed by atoms with Crippen molar-refractivity contribution in [2.45, 2.75) is 12.8 Å². The topological polar surface area (TPSA) is 37.4 Å². The van der Waals surface area contributed by atoms with Crippen LogP contribution in [0.15, 0.2) is 36.4 Å². The standard InChI is InChI=1S/C17H14INO2/c18-11-3-1-2-4-12(11)19-15(20)13-9-5-6-10(14(13)16(19)21)17(9)7-8-17/h1-6,9-10,13-14H,7-8H2/t9-,10-,13-,14-/m1/s1. The SMILES string of the molecule is O=C1[C@H]2[C@H](C(=O)N1c1ccccc1I)[C@H]1C=C[C@H]2C12CC2. The maximum absolute atomic E-state index is 12.9. The molecule has 4 aliphatic rings. The molecule has 21 heavy (non-hydrogen) atoms. The van der Waals surface area contributed by atoms with Crippen molar-refractivity contribution in [3.8, 4) is 0 Å². The van der Waals surface area contributed by atoms with Crippen LogP contribution in [0.4, 0.5) is 5.69 Å². The van der Waals surface area contributed by atoms with Gasteiger partial charge in [0.15, 0.2) is 0 Å². The van der Waals surface area contributed by atoms with E-state index in [-0.39, 0.29) is 29.1 Å². The number of allylic oxidation sites excluding steroid dienone is 2. The van der Waals surface area contributed by atoms with Crippen molar-refractivity contribution in [3.63, 3.8) is 0 Å². The number of nitrogens with zero attached hydrogens (tertiary/aromatic N) is 1. The van der Waals surface area contributed by atoms with E-state index in [0.29, 0.717) is 11.8 Å². The monoisotopic (exact) mass is 391 g/mol. The summed E-state index contributed by atoms with van der Waals surface area (Å²) in [5, 5.41) is 0. The van der Waals surface area contributed by atoms with Crippen LogP contribution in [0.1, 0.15) is 12.8 Å². The van der Waals surface area contributed by atoms with Gasteiger partial charge in [0.25, 0.3) is 0 Å². The smallest absolute Gasteiger partial charge is 0.238 e. The molecule has 1 saturated heterocycles. The second-order valence-corrected chi connectivity index (χ2v) is 7.85. The Balaban J connectivity index is 1.61. The molecule has 1 aliphatic heterocycles. The molecule has 1 aromatic carbocycles. The number of amides is 2. The predicted octanol–water partition coefficient (Wildman–Crippen LogP) is 2.99. The molecular formula is C17H14INO2. The van der Waals surface area contributed by atoms with Crippen molar-refractivity contribution in [1.82, 2.24) is 0 Å². The Labute approximate surface area is 136 Å². The number of imide groups is 1. The molecule has 1 heterocycles. The fourth-order valence-electron chi connectivity index (χ4n) is 4.95. The third-order valence-electron chi connectivity index (χ3n) is 5.95. The summed E-state index contributed by atoms with van der Waals surface area (Å²) < 4.78 is 0.957. The average molecular weight is 391 g/mol. The summed E-state index contributed by atoms with van der Waals surface area (Å²) in [6, 6.07) is 7.64. The molecule has 1 aromatic rings. The summed E-state index contributed by atoms with van der Waals surface area (Å²) in [6.45, 7) is 0. The van der Waals surface area contributed by atoms with Gasteiger partial charge in [-0.15, -0.1) is 0 Å². The average Bonchev–Trinajstić information content (AvgIpc) is 3.07. The first-order chi connectivity index (χ1) is 10.1. The van der Waals surface area contributed by atoms with Crippen molar-refractivity contribution >= 4 is 40.1 Å². The third kappa shape index (κ3) is 1.31. The lowest BCUT2D eigenvalue weighted by Gasteiger charge is -2.22. The zero-order chi connectivity index (χ0) is 14.4. The number of anilines is 1. The lowest BCUT2D eigenvalue weighted by Crippen LogP contribution is -2.35. The molecule has 2 saturated carbocycles. The zero-order valence-corrected chi connectivity index (χ0v) is 13.5. The van der Waals surface area contributed by atoms with Gasteiger partial charge in [-0.1, -0.05) is 24.3 Å². The molecule has 2 amide bonds. The van der Waals surface area contributed by atoms with Gasteiger partial charge >= 0.3 is 0 Å². The fraction of sp³-hybridized carbons (Fsp3) is 0.412. The van der Waals surface area contributed by atoms with E-state index in [0.717, 1.165) is 9.26 Å². The second kappa shape index (κ2) is 3.77. The van der Waals surface area contributed by atoms with E-state index >= 15 is 0 Å². The molecule has 0 aromatic heterocycles. The summed E-state index contributed by atoms with van der Waals surface area (Å²) in [6.07, 6.45) is 6.80. The Morgan fingerprint density at radius 3 is 2.10 bits per heavy atom. The highest BCUT2D eigenvalue weighted by atomic mass is 127. The Bertz CT molecular complexity index is 687. The highest BCUT2D eigenvalue weighted by molar-refractivity contribution is 14.1. The van der Waals surface area contributed by atoms with E-state index < -0.39 is 0 Å². The van der Waals surface area contributed by atoms with Gasteiger partial charge in [-0.2, -0.15) is 0 Å². The van der Waals surface area contributed by atoms with E-state index in [9.17, 15) is 9.59 Å². The maximum Gasteiger partial charge on any atom is 0.238 e. The zero-order valence-electron chi connectivity index (χ0n) is 11.3. The molecule has 0 N–H and O–H groups in total. The van der Waals surface area contributed by atoms with Gasteiger partial charge in [0, 0.05) is 3.57 Å². The van der Waals surface area contributed by atoms with E-state index in [1.165, 1.54) is 17.7 Å². The molecule has 3 aliphatic carbocycles. The number of benzene rings is 1. The number of rotatable bonds is 1. The van der Waals surface area contributed by atoms with Crippen LogP contribution in [0.3, 0.4) is 0 Å². The maximum atomic E-state index is 12.9. The van der Waals surface area contributed by atoms with Crippen LogP contribution in [-0.2, 0) is 9.59 Å². The highest BCUT2D eigenvalue weighted by Crippen LogP contribution is 2.73. The van der Waals surface area contributed by atoms with Gasteiger partial charge in [0.2, 0.25) is 11.8 Å². The number of carbonyl (C=O) groups excluding carboxylic acids is 2. The van der Waals surface area contributed by atoms with Crippen molar-refractivity contribution < 1.29 is 9.59 Å². The van der Waals surface area contributed by atoms with Crippen LogP contribution in [0, 0.1) is 32.7 Å². The highest BCUT2D eigenvalue weighted by Gasteiger charge is 2.73. The van der Waals surface area contributed by atoms with Gasteiger partial charge in [0.05, 0.1) is 17.5 Å². The number of halogens is 1. The Morgan fingerprint density at radius 1 is 1.00 bits per heavy atom. The first kappa shape index (κ1) is 12.4. The summed E-state index contributed by atoms with van der Waals surface area (Å²) >= 11 is 2.20. The first-order valence-corrected chi connectivity index (χ1v) is 8.54. The van der Waals surface area contributed by atoms with E-state index in [1.54, 1.807) is 0 Å². The second-order valence-electron chi connectivity index (χ2n) is 6.68. The number of hydrogen-bond donors (Lipinski definition) is 0. The molecule has 0 unspecified atom stereocenters. The van der Waals surface area contributed by atoms with Gasteiger partial charge in [-0.25, -0.2) is 4.90 Å². The molecule has 0 radical (unpaired) electrons. The normalized spacial score (nSPS) is 37.7. The molecule has 1 spiro atoms. The Kier molecular flexibility index (Phi) is 2.22. The summed E-state index contributed by atoms with van der Waals surface area (Å²) in [7, 11) is 0. The van der Waals surface area contributed by atoms with Crippen molar-refractivity contribution in [1.29, 1.82) is 0 Å². The molecule has 3 nitrogen and oxygen atoms in total. The van der Waals surface area contributed by atoms with E-state index in [1.807, 2.05) is 24.3 Å². The fourth-order valence-corrected chi connectivity index (χ4v) is 5.58. The van der Waals surface area contributed by atoms with Crippen LogP contribution in [0.2, 0.25) is 0 Å². The lowest BCUT2D eigenvalue weighted by atomic mass is 9.85. The number of fused-ring (bicyclic) bond motifs is 3. The van der Waals surface area contributed by atoms with Crippen molar-refractivity contribution in [2.24, 2.45) is 29.1 Å². The largest absolute Gasteiger partial charge is 0.274 e. The lowest BCUT2D eigenvalue weighted by molar-refractivity contribution is -0.123. The number of carbonyl (C=O) groups is 2. The third-order valence-corrected chi connectivity index (χ3v) is 6.86. The quantitative estimate of drug-likeness (QED) is 0.420. The van der Waals surface area contributed by atoms with Crippen molar-refractivity contribution in [2.75, 3.05) is 4.90 Å². The van der Waals surface area contributed by atoms with Crippen LogP contribution in [-0.4, -0.2) is 11.8 Å². The van der Waals surface area contributed by atoms with Crippen LogP contribution >= 0.6 is 22.6 Å². The van der Waals surface area contributed by atoms with Gasteiger partial charge in [0.1, 0.15) is 0 Å². The molecular weight excluding hydrogens is 377 g/mol. The van der Waals surface area contributed by atoms with Gasteiger partial charge in [-0.3, -0.25) is 9.59 Å². The van der Waals surface area contributed by atoms with Gasteiger partial charge in [-0.05, 0) is 64.8 Å². The van der Waals surface area contributed by atoms with Crippen molar-refractivity contribution in [3.05, 3.63) is 40.0 Å². The summed E-state index contributed by atoms with van der Waals surface area (Å²) in [4.78, 5) is 27.3. The predicted molar refractivity (Wildman–Crippen MR) is 86.4 cm³/mol. The molecule has 5 rings (SSSR count). The summed E-state index contributed by atoms with van der Waals surface area (Å²) in [5.41, 5.74) is 1.03.